The van der Waals surface area contributed by atoms with Crippen LogP contribution in [-0.2, 0) is 17.8 Å². The van der Waals surface area contributed by atoms with Crippen molar-refractivity contribution in [2.45, 2.75) is 26.9 Å². The maximum atomic E-state index is 5.55. The molecule has 0 aliphatic carbocycles. The first-order chi connectivity index (χ1) is 6.29. The number of fused-ring (bicyclic) bond motifs is 1. The highest BCUT2D eigenvalue weighted by Crippen LogP contribution is 2.23. The number of rotatable bonds is 0. The smallest absolute Gasteiger partial charge is 0.113 e. The summed E-state index contributed by atoms with van der Waals surface area (Å²) in [5.41, 5.74) is 4.08. The number of hydrogen-bond acceptors (Lipinski definition) is 1. The van der Waals surface area contributed by atoms with E-state index in [9.17, 15) is 0 Å². The Morgan fingerprint density at radius 3 is 2.92 bits per heavy atom. The quantitative estimate of drug-likeness (QED) is 0.587. The Bertz CT molecular complexity index is 350. The van der Waals surface area contributed by atoms with Gasteiger partial charge in [-0.3, -0.25) is 0 Å². The largest absolute Gasteiger partial charge is 0.493 e. The number of allylic oxidation sites excluding steroid dienone is 2. The maximum Gasteiger partial charge on any atom is 0.113 e. The van der Waals surface area contributed by atoms with Gasteiger partial charge in [0.05, 0.1) is 5.76 Å². The first kappa shape index (κ1) is 8.36. The van der Waals surface area contributed by atoms with E-state index in [1.165, 1.54) is 16.7 Å². The Balaban J connectivity index is 2.38. The molecule has 1 heterocycles. The van der Waals surface area contributed by atoms with Crippen molar-refractivity contribution >= 4 is 0 Å². The third kappa shape index (κ3) is 1.59. The lowest BCUT2D eigenvalue weighted by molar-refractivity contribution is 0.180. The van der Waals surface area contributed by atoms with Gasteiger partial charge in [0.15, 0.2) is 0 Å². The highest BCUT2D eigenvalue weighted by Gasteiger charge is 2.12. The molecule has 0 atom stereocenters. The van der Waals surface area contributed by atoms with Crippen molar-refractivity contribution in [2.75, 3.05) is 0 Å². The summed E-state index contributed by atoms with van der Waals surface area (Å²) in [6.45, 7) is 4.89. The van der Waals surface area contributed by atoms with E-state index in [1.54, 1.807) is 0 Å². The summed E-state index contributed by atoms with van der Waals surface area (Å²) >= 11 is 0. The van der Waals surface area contributed by atoms with E-state index in [0.717, 1.165) is 18.8 Å². The highest BCUT2D eigenvalue weighted by molar-refractivity contribution is 5.35. The monoisotopic (exact) mass is 174 g/mol. The Kier molecular flexibility index (Phi) is 2.09. The second-order valence-electron chi connectivity index (χ2n) is 3.49. The zero-order chi connectivity index (χ0) is 9.26. The summed E-state index contributed by atoms with van der Waals surface area (Å²) in [6.07, 6.45) is 3.00. The van der Waals surface area contributed by atoms with E-state index in [2.05, 4.69) is 25.1 Å². The highest BCUT2D eigenvalue weighted by atomic mass is 16.5. The maximum absolute atomic E-state index is 5.55. The fraction of sp³-hybridized carbons (Fsp3) is 0.333. The van der Waals surface area contributed by atoms with Crippen LogP contribution in [-0.4, -0.2) is 0 Å². The van der Waals surface area contributed by atoms with Crippen LogP contribution in [0.1, 0.15) is 23.6 Å². The summed E-state index contributed by atoms with van der Waals surface area (Å²) in [7, 11) is 0. The molecule has 2 rings (SSSR count). The van der Waals surface area contributed by atoms with Crippen molar-refractivity contribution in [3.63, 3.8) is 0 Å². The minimum atomic E-state index is 0.731. The molecule has 0 saturated carbocycles. The third-order valence-corrected chi connectivity index (χ3v) is 2.46. The third-order valence-electron chi connectivity index (χ3n) is 2.46. The van der Waals surface area contributed by atoms with Gasteiger partial charge in [-0.1, -0.05) is 23.8 Å². The summed E-state index contributed by atoms with van der Waals surface area (Å²) in [5.74, 6) is 1.10. The summed E-state index contributed by atoms with van der Waals surface area (Å²) < 4.78 is 5.55. The van der Waals surface area contributed by atoms with Gasteiger partial charge in [0.1, 0.15) is 6.61 Å². The van der Waals surface area contributed by atoms with Gasteiger partial charge in [-0.25, -0.2) is 0 Å². The predicted octanol–water partition coefficient (Wildman–Crippen LogP) is 2.97. The molecule has 1 nitrogen and oxygen atoms in total. The van der Waals surface area contributed by atoms with Crippen LogP contribution in [0.15, 0.2) is 30.0 Å². The molecule has 0 bridgehead atoms. The SMILES string of the molecule is C/C=C1/Cc2cc(C)ccc2CO1. The van der Waals surface area contributed by atoms with Gasteiger partial charge in [0, 0.05) is 6.42 Å². The molecule has 1 heteroatoms. The topological polar surface area (TPSA) is 9.23 Å². The van der Waals surface area contributed by atoms with Gasteiger partial charge in [0.25, 0.3) is 0 Å². The molecule has 1 aromatic rings. The van der Waals surface area contributed by atoms with E-state index < -0.39 is 0 Å². The zero-order valence-corrected chi connectivity index (χ0v) is 8.13. The van der Waals surface area contributed by atoms with Crippen molar-refractivity contribution in [3.8, 4) is 0 Å². The number of aryl methyl sites for hydroxylation is 1. The average molecular weight is 174 g/mol. The van der Waals surface area contributed by atoms with Crippen molar-refractivity contribution in [3.05, 3.63) is 46.7 Å². The minimum Gasteiger partial charge on any atom is -0.493 e. The van der Waals surface area contributed by atoms with E-state index in [1.807, 2.05) is 13.0 Å². The number of ether oxygens (including phenoxy) is 1. The lowest BCUT2D eigenvalue weighted by atomic mass is 9.99. The van der Waals surface area contributed by atoms with Crippen molar-refractivity contribution in [1.82, 2.24) is 0 Å². The molecule has 0 amide bonds. The molecule has 0 N–H and O–H groups in total. The Hall–Kier alpha value is -1.24. The van der Waals surface area contributed by atoms with Crippen LogP contribution < -0.4 is 0 Å². The van der Waals surface area contributed by atoms with Crippen LogP contribution in [0, 0.1) is 6.92 Å². The first-order valence-electron chi connectivity index (χ1n) is 4.66. The fourth-order valence-electron chi connectivity index (χ4n) is 1.65. The number of hydrogen-bond donors (Lipinski definition) is 0. The van der Waals surface area contributed by atoms with Gasteiger partial charge in [-0.15, -0.1) is 0 Å². The van der Waals surface area contributed by atoms with Crippen LogP contribution in [0.5, 0.6) is 0 Å². The van der Waals surface area contributed by atoms with Crippen LogP contribution in [0.25, 0.3) is 0 Å². The summed E-state index contributed by atoms with van der Waals surface area (Å²) in [5, 5.41) is 0. The molecule has 1 aliphatic heterocycles. The molecule has 1 aliphatic rings. The Morgan fingerprint density at radius 2 is 2.15 bits per heavy atom. The average Bonchev–Trinajstić information content (AvgIpc) is 2.16. The molecule has 13 heavy (non-hydrogen) atoms. The van der Waals surface area contributed by atoms with Gasteiger partial charge in [-0.05, 0) is 31.1 Å². The molecule has 0 saturated heterocycles. The van der Waals surface area contributed by atoms with E-state index in [0.29, 0.717) is 0 Å². The van der Waals surface area contributed by atoms with Crippen molar-refractivity contribution in [1.29, 1.82) is 0 Å². The molecular formula is C12H14O. The zero-order valence-electron chi connectivity index (χ0n) is 8.13. The predicted molar refractivity (Wildman–Crippen MR) is 53.4 cm³/mol. The van der Waals surface area contributed by atoms with Crippen LogP contribution in [0.4, 0.5) is 0 Å². The molecule has 1 aromatic carbocycles. The molecule has 68 valence electrons. The van der Waals surface area contributed by atoms with Crippen LogP contribution in [0.3, 0.4) is 0 Å². The molecule has 0 radical (unpaired) electrons. The normalized spacial score (nSPS) is 18.2. The van der Waals surface area contributed by atoms with E-state index in [-0.39, 0.29) is 0 Å². The fourth-order valence-corrected chi connectivity index (χ4v) is 1.65. The molecule has 0 spiro atoms. The van der Waals surface area contributed by atoms with Gasteiger partial charge in [-0.2, -0.15) is 0 Å². The second-order valence-corrected chi connectivity index (χ2v) is 3.49. The second kappa shape index (κ2) is 3.25. The van der Waals surface area contributed by atoms with E-state index >= 15 is 0 Å². The van der Waals surface area contributed by atoms with Gasteiger partial charge < -0.3 is 4.74 Å². The Labute approximate surface area is 79.0 Å². The Morgan fingerprint density at radius 1 is 1.31 bits per heavy atom. The van der Waals surface area contributed by atoms with E-state index in [4.69, 9.17) is 4.74 Å². The van der Waals surface area contributed by atoms with Crippen LogP contribution in [0.2, 0.25) is 0 Å². The molecule has 0 aromatic heterocycles. The van der Waals surface area contributed by atoms with Crippen molar-refractivity contribution < 1.29 is 4.74 Å². The molecular weight excluding hydrogens is 160 g/mol. The lowest BCUT2D eigenvalue weighted by Crippen LogP contribution is -2.08. The van der Waals surface area contributed by atoms with Gasteiger partial charge in [0.2, 0.25) is 0 Å². The molecule has 0 fully saturated rings. The standard InChI is InChI=1S/C12H14O/c1-3-12-7-11-6-9(2)4-5-10(11)8-13-12/h3-6H,7-8H2,1-2H3/b12-3-. The molecule has 0 unspecified atom stereocenters. The van der Waals surface area contributed by atoms with Crippen molar-refractivity contribution in [2.24, 2.45) is 0 Å². The van der Waals surface area contributed by atoms with Gasteiger partial charge >= 0.3 is 0 Å². The first-order valence-corrected chi connectivity index (χ1v) is 4.66. The summed E-state index contributed by atoms with van der Waals surface area (Å²) in [6, 6.07) is 6.56. The minimum absolute atomic E-state index is 0.731. The lowest BCUT2D eigenvalue weighted by Gasteiger charge is -2.20. The number of benzene rings is 1. The van der Waals surface area contributed by atoms with Crippen LogP contribution >= 0.6 is 0 Å². The summed E-state index contributed by atoms with van der Waals surface area (Å²) in [4.78, 5) is 0.